The van der Waals surface area contributed by atoms with Crippen LogP contribution in [0, 0.1) is 11.8 Å². The number of carboxylic acids is 1. The van der Waals surface area contributed by atoms with Gasteiger partial charge in [-0.3, -0.25) is 4.79 Å². The van der Waals surface area contributed by atoms with Crippen LogP contribution < -0.4 is 0 Å². The van der Waals surface area contributed by atoms with Crippen molar-refractivity contribution >= 4 is 5.97 Å². The Labute approximate surface area is 90.7 Å². The third-order valence-electron chi connectivity index (χ3n) is 2.81. The number of hydrogen-bond donors (Lipinski definition) is 2. The Hall–Kier alpha value is -0.820. The van der Waals surface area contributed by atoms with Gasteiger partial charge in [0.2, 0.25) is 0 Å². The molecule has 4 nitrogen and oxygen atoms in total. The number of halogens is 3. The summed E-state index contributed by atoms with van der Waals surface area (Å²) >= 11 is 0. The van der Waals surface area contributed by atoms with E-state index in [9.17, 15) is 18.0 Å². The van der Waals surface area contributed by atoms with Crippen LogP contribution in [-0.4, -0.2) is 53.5 Å². The van der Waals surface area contributed by atoms with Gasteiger partial charge >= 0.3 is 12.1 Å². The van der Waals surface area contributed by atoms with Crippen molar-refractivity contribution in [2.75, 3.05) is 26.2 Å². The molecule has 1 fully saturated rings. The number of nitrogens with zero attached hydrogens (tertiary/aromatic N) is 1. The van der Waals surface area contributed by atoms with E-state index in [0.717, 1.165) is 0 Å². The molecule has 0 bridgehead atoms. The molecule has 0 saturated carbocycles. The predicted octanol–water partition coefficient (Wildman–Crippen LogP) is 0.564. The van der Waals surface area contributed by atoms with Gasteiger partial charge in [-0.05, 0) is 0 Å². The maximum absolute atomic E-state index is 12.5. The maximum Gasteiger partial charge on any atom is 0.393 e. The summed E-state index contributed by atoms with van der Waals surface area (Å²) in [5.74, 6) is -3.42. The molecule has 0 spiro atoms. The van der Waals surface area contributed by atoms with Crippen LogP contribution in [0.5, 0.6) is 0 Å². The molecule has 0 radical (unpaired) electrons. The normalized spacial score (nSPS) is 27.2. The minimum atomic E-state index is -4.33. The smallest absolute Gasteiger partial charge is 0.393 e. The highest BCUT2D eigenvalue weighted by molar-refractivity contribution is 5.66. The summed E-state index contributed by atoms with van der Waals surface area (Å²) in [7, 11) is 0. The van der Waals surface area contributed by atoms with Crippen LogP contribution in [0.2, 0.25) is 0 Å². The third-order valence-corrected chi connectivity index (χ3v) is 2.81. The van der Waals surface area contributed by atoms with E-state index in [1.165, 1.54) is 4.90 Å². The average Bonchev–Trinajstić information content (AvgIpc) is 2.57. The van der Waals surface area contributed by atoms with Crippen LogP contribution in [0.15, 0.2) is 0 Å². The lowest BCUT2D eigenvalue weighted by molar-refractivity contribution is -0.183. The fraction of sp³-hybridized carbons (Fsp3) is 0.889. The zero-order valence-corrected chi connectivity index (χ0v) is 8.57. The van der Waals surface area contributed by atoms with Crippen LogP contribution in [0.3, 0.4) is 0 Å². The van der Waals surface area contributed by atoms with Gasteiger partial charge in [0.15, 0.2) is 0 Å². The van der Waals surface area contributed by atoms with Gasteiger partial charge in [-0.2, -0.15) is 13.2 Å². The van der Waals surface area contributed by atoms with E-state index in [1.54, 1.807) is 0 Å². The number of alkyl halides is 3. The van der Waals surface area contributed by atoms with Gasteiger partial charge in [0.25, 0.3) is 0 Å². The Morgan fingerprint density at radius 3 is 2.38 bits per heavy atom. The molecule has 1 aliphatic rings. The topological polar surface area (TPSA) is 60.8 Å². The van der Waals surface area contributed by atoms with E-state index in [1.807, 2.05) is 0 Å². The minimum Gasteiger partial charge on any atom is -0.481 e. The van der Waals surface area contributed by atoms with E-state index in [0.29, 0.717) is 0 Å². The number of likely N-dealkylation sites (tertiary alicyclic amines) is 1. The molecule has 16 heavy (non-hydrogen) atoms. The van der Waals surface area contributed by atoms with Crippen LogP contribution in [0.25, 0.3) is 0 Å². The quantitative estimate of drug-likeness (QED) is 0.755. The minimum absolute atomic E-state index is 0.0956. The highest BCUT2D eigenvalue weighted by Crippen LogP contribution is 2.37. The van der Waals surface area contributed by atoms with Crippen molar-refractivity contribution in [1.82, 2.24) is 4.90 Å². The van der Waals surface area contributed by atoms with Crippen molar-refractivity contribution in [3.8, 4) is 0 Å². The van der Waals surface area contributed by atoms with Crippen LogP contribution in [-0.2, 0) is 4.79 Å². The largest absolute Gasteiger partial charge is 0.481 e. The van der Waals surface area contributed by atoms with Gasteiger partial charge in [0.05, 0.1) is 12.3 Å². The van der Waals surface area contributed by atoms with E-state index in [-0.39, 0.29) is 26.1 Å². The lowest BCUT2D eigenvalue weighted by Gasteiger charge is -2.19. The molecular formula is C9H14F3NO3. The number of aliphatic carboxylic acids is 1. The van der Waals surface area contributed by atoms with Crippen molar-refractivity contribution in [2.45, 2.75) is 12.6 Å². The third kappa shape index (κ3) is 3.34. The van der Waals surface area contributed by atoms with Crippen molar-refractivity contribution in [2.24, 2.45) is 11.8 Å². The fourth-order valence-electron chi connectivity index (χ4n) is 1.95. The molecule has 0 amide bonds. The van der Waals surface area contributed by atoms with E-state index >= 15 is 0 Å². The maximum atomic E-state index is 12.5. The first-order valence-electron chi connectivity index (χ1n) is 4.96. The zero-order valence-electron chi connectivity index (χ0n) is 8.57. The molecule has 94 valence electrons. The van der Waals surface area contributed by atoms with Crippen molar-refractivity contribution < 1.29 is 28.2 Å². The summed E-state index contributed by atoms with van der Waals surface area (Å²) < 4.78 is 37.5. The molecule has 1 saturated heterocycles. The number of carboxylic acid groups (broad SMARTS) is 1. The summed E-state index contributed by atoms with van der Waals surface area (Å²) in [5.41, 5.74) is 0. The number of rotatable bonds is 4. The molecule has 0 aromatic rings. The lowest BCUT2D eigenvalue weighted by Crippen LogP contribution is -2.31. The number of aliphatic hydroxyl groups is 1. The number of carbonyl (C=O) groups is 1. The molecule has 0 aliphatic carbocycles. The molecule has 1 aliphatic heterocycles. The van der Waals surface area contributed by atoms with Crippen molar-refractivity contribution in [1.29, 1.82) is 0 Å². The SMILES string of the molecule is O=C(O)CCN1CC(CO)C(C(F)(F)F)C1. The summed E-state index contributed by atoms with van der Waals surface area (Å²) in [6.07, 6.45) is -4.51. The number of aliphatic hydroxyl groups excluding tert-OH is 1. The monoisotopic (exact) mass is 241 g/mol. The summed E-state index contributed by atoms with van der Waals surface area (Å²) in [5, 5.41) is 17.3. The second-order valence-electron chi connectivity index (χ2n) is 3.99. The standard InChI is InChI=1S/C9H14F3NO3/c10-9(11,12)7-4-13(2-1-8(15)16)3-6(7)5-14/h6-7,14H,1-5H2,(H,15,16). The molecule has 2 unspecified atom stereocenters. The molecule has 1 heterocycles. The molecule has 2 atom stereocenters. The summed E-state index contributed by atoms with van der Waals surface area (Å²) in [4.78, 5) is 11.7. The Morgan fingerprint density at radius 2 is 2.00 bits per heavy atom. The Balaban J connectivity index is 2.53. The van der Waals surface area contributed by atoms with Gasteiger partial charge in [-0.25, -0.2) is 0 Å². The van der Waals surface area contributed by atoms with Crippen LogP contribution in [0.4, 0.5) is 13.2 Å². The second-order valence-corrected chi connectivity index (χ2v) is 3.99. The van der Waals surface area contributed by atoms with Crippen molar-refractivity contribution in [3.63, 3.8) is 0 Å². The fourth-order valence-corrected chi connectivity index (χ4v) is 1.95. The first-order valence-corrected chi connectivity index (χ1v) is 4.96. The Kier molecular flexibility index (Phi) is 4.15. The van der Waals surface area contributed by atoms with Gasteiger partial charge < -0.3 is 15.1 Å². The highest BCUT2D eigenvalue weighted by atomic mass is 19.4. The predicted molar refractivity (Wildman–Crippen MR) is 48.8 cm³/mol. The van der Waals surface area contributed by atoms with Gasteiger partial charge in [-0.1, -0.05) is 0 Å². The van der Waals surface area contributed by atoms with Gasteiger partial charge in [0, 0.05) is 32.2 Å². The first-order chi connectivity index (χ1) is 7.34. The molecule has 0 aromatic heterocycles. The molecular weight excluding hydrogens is 227 g/mol. The van der Waals surface area contributed by atoms with E-state index in [4.69, 9.17) is 10.2 Å². The van der Waals surface area contributed by atoms with Crippen LogP contribution >= 0.6 is 0 Å². The Bertz CT molecular complexity index is 257. The lowest BCUT2D eigenvalue weighted by atomic mass is 9.97. The first kappa shape index (κ1) is 13.2. The zero-order chi connectivity index (χ0) is 12.3. The van der Waals surface area contributed by atoms with Gasteiger partial charge in [0.1, 0.15) is 0 Å². The van der Waals surface area contributed by atoms with E-state index < -0.39 is 30.6 Å². The second kappa shape index (κ2) is 5.01. The van der Waals surface area contributed by atoms with Gasteiger partial charge in [-0.15, -0.1) is 0 Å². The van der Waals surface area contributed by atoms with Crippen LogP contribution in [0.1, 0.15) is 6.42 Å². The molecule has 1 rings (SSSR count). The number of hydrogen-bond acceptors (Lipinski definition) is 3. The van der Waals surface area contributed by atoms with Crippen molar-refractivity contribution in [3.05, 3.63) is 0 Å². The molecule has 2 N–H and O–H groups in total. The average molecular weight is 241 g/mol. The summed E-state index contributed by atoms with van der Waals surface area (Å²) in [6, 6.07) is 0. The highest BCUT2D eigenvalue weighted by Gasteiger charge is 2.49. The van der Waals surface area contributed by atoms with E-state index in [2.05, 4.69) is 0 Å². The Morgan fingerprint density at radius 1 is 1.38 bits per heavy atom. The molecule has 7 heteroatoms. The summed E-state index contributed by atoms with van der Waals surface area (Å²) in [6.45, 7) is -0.540. The molecule has 0 aromatic carbocycles.